The van der Waals surface area contributed by atoms with Gasteiger partial charge in [0.25, 0.3) is 0 Å². The van der Waals surface area contributed by atoms with Crippen LogP contribution in [0.2, 0.25) is 0 Å². The molecule has 1 aromatic heterocycles. The van der Waals surface area contributed by atoms with Crippen LogP contribution in [-0.2, 0) is 4.74 Å². The number of hydrogen-bond acceptors (Lipinski definition) is 2. The molecule has 2 rings (SSSR count). The van der Waals surface area contributed by atoms with Crippen molar-refractivity contribution in [3.05, 3.63) is 35.5 Å². The predicted molar refractivity (Wildman–Crippen MR) is 71.6 cm³/mol. The molecule has 1 heterocycles. The van der Waals surface area contributed by atoms with E-state index < -0.39 is 0 Å². The third-order valence-electron chi connectivity index (χ3n) is 3.17. The monoisotopic (exact) mass is 232 g/mol. The first-order valence-corrected chi connectivity index (χ1v) is 5.98. The third kappa shape index (κ3) is 2.35. The lowest BCUT2D eigenvalue weighted by Crippen LogP contribution is -2.21. The van der Waals surface area contributed by atoms with Gasteiger partial charge in [-0.25, -0.2) is 0 Å². The van der Waals surface area contributed by atoms with Gasteiger partial charge in [0.1, 0.15) is 0 Å². The number of likely N-dealkylation sites (N-methyl/N-ethyl adjacent to an activating group) is 1. The van der Waals surface area contributed by atoms with E-state index in [0.717, 1.165) is 13.2 Å². The summed E-state index contributed by atoms with van der Waals surface area (Å²) in [5, 5.41) is 4.55. The van der Waals surface area contributed by atoms with Crippen LogP contribution in [0.1, 0.15) is 17.2 Å². The molecule has 1 atom stereocenters. The molecule has 0 spiro atoms. The minimum Gasteiger partial charge on any atom is -0.384 e. The lowest BCUT2D eigenvalue weighted by molar-refractivity contribution is 0.179. The fraction of sp³-hybridized carbons (Fsp3) is 0.429. The zero-order valence-corrected chi connectivity index (χ0v) is 10.7. The maximum atomic E-state index is 5.33. The first-order valence-electron chi connectivity index (χ1n) is 5.98. The van der Waals surface area contributed by atoms with Crippen molar-refractivity contribution in [3.8, 4) is 0 Å². The maximum absolute atomic E-state index is 5.33. The SMILES string of the molecule is CNCC(COC)c1c(C)[nH]c2ccccc12. The Kier molecular flexibility index (Phi) is 3.82. The Hall–Kier alpha value is -1.32. The van der Waals surface area contributed by atoms with Crippen LogP contribution in [0.25, 0.3) is 10.9 Å². The summed E-state index contributed by atoms with van der Waals surface area (Å²) in [4.78, 5) is 3.44. The van der Waals surface area contributed by atoms with Crippen molar-refractivity contribution in [2.75, 3.05) is 27.3 Å². The predicted octanol–water partition coefficient (Wildman–Crippen LogP) is 2.43. The maximum Gasteiger partial charge on any atom is 0.0544 e. The van der Waals surface area contributed by atoms with Gasteiger partial charge in [-0.15, -0.1) is 0 Å². The smallest absolute Gasteiger partial charge is 0.0544 e. The number of hydrogen-bond donors (Lipinski definition) is 2. The summed E-state index contributed by atoms with van der Waals surface area (Å²) < 4.78 is 5.33. The van der Waals surface area contributed by atoms with E-state index in [1.54, 1.807) is 7.11 Å². The molecule has 0 radical (unpaired) electrons. The molecule has 0 saturated heterocycles. The van der Waals surface area contributed by atoms with Crippen molar-refractivity contribution in [1.29, 1.82) is 0 Å². The molecule has 3 nitrogen and oxygen atoms in total. The number of fused-ring (bicyclic) bond motifs is 1. The third-order valence-corrected chi connectivity index (χ3v) is 3.17. The standard InChI is InChI=1S/C14H20N2O/c1-10-14(11(8-15-2)9-17-3)12-6-4-5-7-13(12)16-10/h4-7,11,15-16H,8-9H2,1-3H3. The molecule has 2 N–H and O–H groups in total. The molecular formula is C14H20N2O. The highest BCUT2D eigenvalue weighted by Gasteiger charge is 2.17. The van der Waals surface area contributed by atoms with E-state index in [1.807, 2.05) is 7.05 Å². The molecule has 0 aliphatic rings. The molecule has 0 bridgehead atoms. The molecule has 1 aromatic carbocycles. The van der Waals surface area contributed by atoms with Gasteiger partial charge in [0.2, 0.25) is 0 Å². The highest BCUT2D eigenvalue weighted by molar-refractivity contribution is 5.85. The summed E-state index contributed by atoms with van der Waals surface area (Å²) in [5.74, 6) is 0.390. The first-order chi connectivity index (χ1) is 8.27. The van der Waals surface area contributed by atoms with Crippen LogP contribution < -0.4 is 5.32 Å². The average molecular weight is 232 g/mol. The van der Waals surface area contributed by atoms with Crippen LogP contribution in [0.15, 0.2) is 24.3 Å². The second-order valence-corrected chi connectivity index (χ2v) is 4.42. The Labute approximate surface area is 102 Å². The summed E-state index contributed by atoms with van der Waals surface area (Å²) in [7, 11) is 3.74. The highest BCUT2D eigenvalue weighted by atomic mass is 16.5. The van der Waals surface area contributed by atoms with Crippen LogP contribution in [-0.4, -0.2) is 32.3 Å². The zero-order valence-electron chi connectivity index (χ0n) is 10.7. The van der Waals surface area contributed by atoms with Crippen molar-refractivity contribution in [2.45, 2.75) is 12.8 Å². The van der Waals surface area contributed by atoms with Gasteiger partial charge in [-0.1, -0.05) is 18.2 Å². The minimum atomic E-state index is 0.390. The van der Waals surface area contributed by atoms with E-state index in [1.165, 1.54) is 22.2 Å². The molecule has 17 heavy (non-hydrogen) atoms. The minimum absolute atomic E-state index is 0.390. The number of nitrogens with one attached hydrogen (secondary N) is 2. The molecule has 3 heteroatoms. The van der Waals surface area contributed by atoms with Gasteiger partial charge in [-0.3, -0.25) is 0 Å². The van der Waals surface area contributed by atoms with Gasteiger partial charge in [0.05, 0.1) is 6.61 Å². The van der Waals surface area contributed by atoms with Crippen molar-refractivity contribution in [1.82, 2.24) is 10.3 Å². The molecular weight excluding hydrogens is 212 g/mol. The van der Waals surface area contributed by atoms with Gasteiger partial charge in [-0.05, 0) is 25.6 Å². The quantitative estimate of drug-likeness (QED) is 0.830. The van der Waals surface area contributed by atoms with Crippen molar-refractivity contribution < 1.29 is 4.74 Å². The van der Waals surface area contributed by atoms with E-state index >= 15 is 0 Å². The van der Waals surface area contributed by atoms with Crippen molar-refractivity contribution >= 4 is 10.9 Å². The van der Waals surface area contributed by atoms with Crippen molar-refractivity contribution in [2.24, 2.45) is 0 Å². The fourth-order valence-electron chi connectivity index (χ4n) is 2.52. The Balaban J connectivity index is 2.47. The lowest BCUT2D eigenvalue weighted by Gasteiger charge is -2.16. The zero-order chi connectivity index (χ0) is 12.3. The summed E-state index contributed by atoms with van der Waals surface area (Å²) in [6.07, 6.45) is 0. The summed E-state index contributed by atoms with van der Waals surface area (Å²) in [6, 6.07) is 8.44. The molecule has 1 unspecified atom stereocenters. The first kappa shape index (κ1) is 12.1. The fourth-order valence-corrected chi connectivity index (χ4v) is 2.52. The Morgan fingerprint density at radius 2 is 2.12 bits per heavy atom. The van der Waals surface area contributed by atoms with Crippen LogP contribution in [0.3, 0.4) is 0 Å². The van der Waals surface area contributed by atoms with Gasteiger partial charge in [0, 0.05) is 36.2 Å². The topological polar surface area (TPSA) is 37.0 Å². The number of benzene rings is 1. The van der Waals surface area contributed by atoms with Gasteiger partial charge < -0.3 is 15.0 Å². The van der Waals surface area contributed by atoms with E-state index in [2.05, 4.69) is 41.5 Å². The summed E-state index contributed by atoms with van der Waals surface area (Å²) in [6.45, 7) is 3.80. The summed E-state index contributed by atoms with van der Waals surface area (Å²) in [5.41, 5.74) is 3.82. The second kappa shape index (κ2) is 5.34. The van der Waals surface area contributed by atoms with Gasteiger partial charge >= 0.3 is 0 Å². The largest absolute Gasteiger partial charge is 0.384 e. The highest BCUT2D eigenvalue weighted by Crippen LogP contribution is 2.28. The molecule has 0 saturated carbocycles. The number of aromatic amines is 1. The molecule has 0 fully saturated rings. The molecule has 2 aromatic rings. The lowest BCUT2D eigenvalue weighted by atomic mass is 9.96. The van der Waals surface area contributed by atoms with E-state index in [4.69, 9.17) is 4.74 Å². The number of aryl methyl sites for hydroxylation is 1. The number of aromatic nitrogens is 1. The molecule has 0 amide bonds. The van der Waals surface area contributed by atoms with E-state index in [0.29, 0.717) is 5.92 Å². The molecule has 92 valence electrons. The molecule has 0 aliphatic carbocycles. The Bertz CT molecular complexity index is 484. The van der Waals surface area contributed by atoms with Crippen LogP contribution in [0.5, 0.6) is 0 Å². The molecule has 0 aliphatic heterocycles. The van der Waals surface area contributed by atoms with Gasteiger partial charge in [-0.2, -0.15) is 0 Å². The van der Waals surface area contributed by atoms with E-state index in [-0.39, 0.29) is 0 Å². The normalized spacial score (nSPS) is 13.1. The van der Waals surface area contributed by atoms with Gasteiger partial charge in [0.15, 0.2) is 0 Å². The second-order valence-electron chi connectivity index (χ2n) is 4.42. The Morgan fingerprint density at radius 1 is 1.35 bits per heavy atom. The average Bonchev–Trinajstić information content (AvgIpc) is 2.64. The number of para-hydroxylation sites is 1. The number of H-pyrrole nitrogens is 1. The number of rotatable bonds is 5. The van der Waals surface area contributed by atoms with E-state index in [9.17, 15) is 0 Å². The van der Waals surface area contributed by atoms with Crippen LogP contribution >= 0.6 is 0 Å². The van der Waals surface area contributed by atoms with Crippen molar-refractivity contribution in [3.63, 3.8) is 0 Å². The number of methoxy groups -OCH3 is 1. The van der Waals surface area contributed by atoms with Crippen LogP contribution in [0.4, 0.5) is 0 Å². The number of ether oxygens (including phenoxy) is 1. The Morgan fingerprint density at radius 3 is 2.82 bits per heavy atom. The van der Waals surface area contributed by atoms with Crippen LogP contribution in [0, 0.1) is 6.92 Å². The summed E-state index contributed by atoms with van der Waals surface area (Å²) >= 11 is 0.